The van der Waals surface area contributed by atoms with Crippen molar-refractivity contribution in [3.63, 3.8) is 0 Å². The Morgan fingerprint density at radius 2 is 2.11 bits per heavy atom. The van der Waals surface area contributed by atoms with E-state index < -0.39 is 12.0 Å². The van der Waals surface area contributed by atoms with Crippen LogP contribution in [0.2, 0.25) is 0 Å². The average molecular weight is 249 g/mol. The second-order valence-corrected chi connectivity index (χ2v) is 5.35. The number of aromatic nitrogens is 2. The van der Waals surface area contributed by atoms with Crippen LogP contribution in [0.5, 0.6) is 0 Å². The van der Waals surface area contributed by atoms with Crippen LogP contribution in [0.1, 0.15) is 61.3 Å². The number of rotatable bonds is 2. The molecule has 2 aliphatic rings. The summed E-state index contributed by atoms with van der Waals surface area (Å²) in [6.07, 6.45) is 6.23. The van der Waals surface area contributed by atoms with E-state index in [9.17, 15) is 9.90 Å². The molecule has 1 saturated carbocycles. The van der Waals surface area contributed by atoms with Crippen LogP contribution in [-0.4, -0.2) is 20.6 Å². The summed E-state index contributed by atoms with van der Waals surface area (Å²) in [5, 5.41) is 12.2. The first kappa shape index (κ1) is 11.7. The second kappa shape index (κ2) is 4.39. The lowest BCUT2D eigenvalue weighted by Crippen LogP contribution is -2.24. The van der Waals surface area contributed by atoms with Gasteiger partial charge in [-0.15, -0.1) is 0 Å². The predicted molar refractivity (Wildman–Crippen MR) is 66.3 cm³/mol. The van der Waals surface area contributed by atoms with Gasteiger partial charge in [-0.1, -0.05) is 19.3 Å². The monoisotopic (exact) mass is 249 g/mol. The first-order valence-electron chi connectivity index (χ1n) is 6.70. The number of hydrogen-bond donors (Lipinski definition) is 2. The third-order valence-electron chi connectivity index (χ3n) is 4.21. The maximum atomic E-state index is 11.2. The Hall–Kier alpha value is -1.36. The van der Waals surface area contributed by atoms with Gasteiger partial charge in [0.25, 0.3) is 0 Å². The molecule has 0 amide bonds. The third-order valence-corrected chi connectivity index (χ3v) is 4.21. The van der Waals surface area contributed by atoms with Crippen molar-refractivity contribution >= 4 is 5.97 Å². The number of nitrogens with zero attached hydrogens (tertiary/aromatic N) is 2. The van der Waals surface area contributed by atoms with Crippen LogP contribution in [-0.2, 0) is 18.4 Å². The van der Waals surface area contributed by atoms with Crippen LogP contribution in [0.3, 0.4) is 0 Å². The van der Waals surface area contributed by atoms with Gasteiger partial charge in [0, 0.05) is 19.5 Å². The standard InChI is InChI=1S/C13H19N3O2/c1-16-11-9(7-14-10(11)13(17)18)15-12(16)8-5-3-2-4-6-8/h8,10,14H,2-7H2,1H3,(H,17,18). The number of carboxylic acids is 1. The van der Waals surface area contributed by atoms with E-state index in [-0.39, 0.29) is 0 Å². The lowest BCUT2D eigenvalue weighted by Gasteiger charge is -2.22. The van der Waals surface area contributed by atoms with Crippen LogP contribution in [0.25, 0.3) is 0 Å². The lowest BCUT2D eigenvalue weighted by atomic mass is 9.88. The lowest BCUT2D eigenvalue weighted by molar-refractivity contribution is -0.139. The molecule has 98 valence electrons. The molecule has 1 fully saturated rings. The fourth-order valence-corrected chi connectivity index (χ4v) is 3.30. The molecule has 0 saturated heterocycles. The molecule has 1 aliphatic carbocycles. The minimum Gasteiger partial charge on any atom is -0.480 e. The van der Waals surface area contributed by atoms with E-state index in [0.29, 0.717) is 12.5 Å². The van der Waals surface area contributed by atoms with E-state index in [4.69, 9.17) is 0 Å². The zero-order valence-corrected chi connectivity index (χ0v) is 10.6. The van der Waals surface area contributed by atoms with Crippen LogP contribution < -0.4 is 5.32 Å². The van der Waals surface area contributed by atoms with Crippen LogP contribution >= 0.6 is 0 Å². The first-order chi connectivity index (χ1) is 8.68. The zero-order valence-electron chi connectivity index (χ0n) is 10.6. The summed E-state index contributed by atoms with van der Waals surface area (Å²) in [4.78, 5) is 15.9. The van der Waals surface area contributed by atoms with Gasteiger partial charge >= 0.3 is 5.97 Å². The number of carbonyl (C=O) groups is 1. The van der Waals surface area contributed by atoms with Gasteiger partial charge in [-0.25, -0.2) is 4.98 Å². The molecular formula is C13H19N3O2. The molecule has 18 heavy (non-hydrogen) atoms. The van der Waals surface area contributed by atoms with Gasteiger partial charge in [0.1, 0.15) is 11.9 Å². The molecule has 1 aromatic heterocycles. The highest BCUT2D eigenvalue weighted by Crippen LogP contribution is 2.35. The number of aliphatic carboxylic acids is 1. The van der Waals surface area contributed by atoms with Gasteiger partial charge in [0.15, 0.2) is 0 Å². The summed E-state index contributed by atoms with van der Waals surface area (Å²) in [5.41, 5.74) is 1.77. The summed E-state index contributed by atoms with van der Waals surface area (Å²) >= 11 is 0. The van der Waals surface area contributed by atoms with Crippen LogP contribution in [0, 0.1) is 0 Å². The Labute approximate surface area is 106 Å². The first-order valence-corrected chi connectivity index (χ1v) is 6.70. The molecule has 0 aromatic carbocycles. The van der Waals surface area contributed by atoms with E-state index in [1.165, 1.54) is 32.1 Å². The van der Waals surface area contributed by atoms with Crippen molar-refractivity contribution in [3.05, 3.63) is 17.2 Å². The highest BCUT2D eigenvalue weighted by molar-refractivity contribution is 5.76. The SMILES string of the molecule is Cn1c(C2CCCCC2)nc2c1C(C(=O)O)NC2. The van der Waals surface area contributed by atoms with Crippen molar-refractivity contribution in [2.75, 3.05) is 0 Å². The average Bonchev–Trinajstić information content (AvgIpc) is 2.91. The molecule has 2 N–H and O–H groups in total. The minimum absolute atomic E-state index is 0.517. The van der Waals surface area contributed by atoms with Crippen molar-refractivity contribution in [1.82, 2.24) is 14.9 Å². The molecule has 5 nitrogen and oxygen atoms in total. The quantitative estimate of drug-likeness (QED) is 0.837. The number of nitrogens with one attached hydrogen (secondary N) is 1. The van der Waals surface area contributed by atoms with Crippen molar-refractivity contribution in [1.29, 1.82) is 0 Å². The molecule has 1 aliphatic heterocycles. The molecule has 0 radical (unpaired) electrons. The predicted octanol–water partition coefficient (Wildman–Crippen LogP) is 1.70. The normalized spacial score (nSPS) is 24.2. The Kier molecular flexibility index (Phi) is 2.86. The largest absolute Gasteiger partial charge is 0.480 e. The van der Waals surface area contributed by atoms with Gasteiger partial charge in [0.05, 0.1) is 11.4 Å². The molecule has 0 bridgehead atoms. The van der Waals surface area contributed by atoms with Crippen LogP contribution in [0.4, 0.5) is 0 Å². The van der Waals surface area contributed by atoms with Gasteiger partial charge in [-0.05, 0) is 12.8 Å². The molecular weight excluding hydrogens is 230 g/mol. The van der Waals surface area contributed by atoms with E-state index in [1.807, 2.05) is 11.6 Å². The van der Waals surface area contributed by atoms with Gasteiger partial charge in [-0.3, -0.25) is 10.1 Å². The number of carboxylic acid groups (broad SMARTS) is 1. The van der Waals surface area contributed by atoms with Crippen LogP contribution in [0.15, 0.2) is 0 Å². The molecule has 5 heteroatoms. The van der Waals surface area contributed by atoms with Crippen molar-refractivity contribution in [2.45, 2.75) is 50.6 Å². The van der Waals surface area contributed by atoms with Gasteiger partial charge in [0.2, 0.25) is 0 Å². The Morgan fingerprint density at radius 3 is 2.78 bits per heavy atom. The maximum Gasteiger partial charge on any atom is 0.326 e. The van der Waals surface area contributed by atoms with Crippen molar-refractivity contribution < 1.29 is 9.90 Å². The smallest absolute Gasteiger partial charge is 0.326 e. The fourth-order valence-electron chi connectivity index (χ4n) is 3.30. The van der Waals surface area contributed by atoms with E-state index in [1.54, 1.807) is 0 Å². The second-order valence-electron chi connectivity index (χ2n) is 5.35. The molecule has 1 aromatic rings. The summed E-state index contributed by atoms with van der Waals surface area (Å²) in [5.74, 6) is 0.795. The topological polar surface area (TPSA) is 67.2 Å². The summed E-state index contributed by atoms with van der Waals surface area (Å²) in [6.45, 7) is 0.576. The highest BCUT2D eigenvalue weighted by atomic mass is 16.4. The minimum atomic E-state index is -0.813. The van der Waals surface area contributed by atoms with E-state index >= 15 is 0 Å². The number of imidazole rings is 1. The van der Waals surface area contributed by atoms with Crippen molar-refractivity contribution in [2.24, 2.45) is 7.05 Å². The molecule has 2 heterocycles. The number of fused-ring (bicyclic) bond motifs is 1. The Morgan fingerprint density at radius 1 is 1.39 bits per heavy atom. The summed E-state index contributed by atoms with van der Waals surface area (Å²) in [6, 6.07) is -0.588. The molecule has 1 unspecified atom stereocenters. The number of hydrogen-bond acceptors (Lipinski definition) is 3. The third kappa shape index (κ3) is 1.73. The molecule has 0 spiro atoms. The summed E-state index contributed by atoms with van der Waals surface area (Å²) in [7, 11) is 1.96. The summed E-state index contributed by atoms with van der Waals surface area (Å²) < 4.78 is 2.02. The molecule has 1 atom stereocenters. The fraction of sp³-hybridized carbons (Fsp3) is 0.692. The van der Waals surface area contributed by atoms with Crippen molar-refractivity contribution in [3.8, 4) is 0 Å². The van der Waals surface area contributed by atoms with E-state index in [0.717, 1.165) is 17.2 Å². The Balaban J connectivity index is 1.94. The van der Waals surface area contributed by atoms with Gasteiger partial charge in [-0.2, -0.15) is 0 Å². The van der Waals surface area contributed by atoms with E-state index in [2.05, 4.69) is 10.3 Å². The van der Waals surface area contributed by atoms with Gasteiger partial charge < -0.3 is 9.67 Å². The maximum absolute atomic E-state index is 11.2. The molecule has 3 rings (SSSR count). The zero-order chi connectivity index (χ0) is 12.7. The highest BCUT2D eigenvalue weighted by Gasteiger charge is 2.35. The Bertz CT molecular complexity index is 475.